The average Bonchev–Trinajstić information content (AvgIpc) is 3.09. The molecule has 2 nitrogen and oxygen atoms in total. The fourth-order valence-corrected chi connectivity index (χ4v) is 6.66. The Balaban J connectivity index is 1.36. The van der Waals surface area contributed by atoms with Gasteiger partial charge in [0.2, 0.25) is 0 Å². The van der Waals surface area contributed by atoms with Crippen molar-refractivity contribution in [2.45, 2.75) is 67.2 Å². The lowest BCUT2D eigenvalue weighted by molar-refractivity contribution is 0.922. The maximum Gasteiger partial charge on any atom is 0.0464 e. The molecule has 0 spiro atoms. The predicted molar refractivity (Wildman–Crippen MR) is 208 cm³/mol. The van der Waals surface area contributed by atoms with Gasteiger partial charge in [0.1, 0.15) is 0 Å². The van der Waals surface area contributed by atoms with Gasteiger partial charge in [0.05, 0.1) is 0 Å². The van der Waals surface area contributed by atoms with Crippen LogP contribution in [0.2, 0.25) is 0 Å². The molecule has 0 aliphatic heterocycles. The minimum Gasteiger partial charge on any atom is -0.310 e. The second kappa shape index (κ2) is 14.8. The number of nitrogens with zero attached hydrogens (tertiary/aromatic N) is 2. The van der Waals surface area contributed by atoms with E-state index in [1.54, 1.807) is 0 Å². The van der Waals surface area contributed by atoms with Crippen LogP contribution < -0.4 is 9.80 Å². The Morgan fingerprint density at radius 2 is 0.646 bits per heavy atom. The largest absolute Gasteiger partial charge is 0.310 e. The minimum absolute atomic E-state index is 1.10. The Kier molecular flexibility index (Phi) is 10.1. The van der Waals surface area contributed by atoms with Crippen LogP contribution in [0.3, 0.4) is 0 Å². The molecule has 0 atom stereocenters. The van der Waals surface area contributed by atoms with Crippen molar-refractivity contribution in [3.05, 3.63) is 167 Å². The molecule has 0 N–H and O–H groups in total. The summed E-state index contributed by atoms with van der Waals surface area (Å²) in [6.07, 6.45) is 4.51. The zero-order chi connectivity index (χ0) is 33.6. The molecule has 6 rings (SSSR count). The highest BCUT2D eigenvalue weighted by atomic mass is 15.1. The van der Waals surface area contributed by atoms with Crippen molar-refractivity contribution < 1.29 is 0 Å². The van der Waals surface area contributed by atoms with Gasteiger partial charge in [-0.05, 0) is 147 Å². The normalized spacial score (nSPS) is 11.0. The Morgan fingerprint density at radius 1 is 0.354 bits per heavy atom. The van der Waals surface area contributed by atoms with Crippen LogP contribution in [0.15, 0.2) is 133 Å². The summed E-state index contributed by atoms with van der Waals surface area (Å²) in [6.45, 7) is 13.2. The average molecular weight is 629 g/mol. The van der Waals surface area contributed by atoms with Crippen LogP contribution in [0.4, 0.5) is 34.1 Å². The maximum atomic E-state index is 2.37. The first-order valence-corrected chi connectivity index (χ1v) is 17.5. The lowest BCUT2D eigenvalue weighted by Gasteiger charge is -2.27. The summed E-state index contributed by atoms with van der Waals surface area (Å²) < 4.78 is 0. The Bertz CT molecular complexity index is 1800. The van der Waals surface area contributed by atoms with Gasteiger partial charge in [-0.1, -0.05) is 98.5 Å². The predicted octanol–water partition coefficient (Wildman–Crippen LogP) is 13.4. The minimum atomic E-state index is 1.10. The van der Waals surface area contributed by atoms with Gasteiger partial charge in [0, 0.05) is 34.1 Å². The zero-order valence-electron chi connectivity index (χ0n) is 29.4. The van der Waals surface area contributed by atoms with E-state index < -0.39 is 0 Å². The van der Waals surface area contributed by atoms with E-state index in [2.05, 4.69) is 185 Å². The third kappa shape index (κ3) is 7.24. The van der Waals surface area contributed by atoms with Crippen molar-refractivity contribution in [1.82, 2.24) is 0 Å². The maximum absolute atomic E-state index is 2.37. The zero-order valence-corrected chi connectivity index (χ0v) is 29.4. The first kappa shape index (κ1) is 32.8. The van der Waals surface area contributed by atoms with Gasteiger partial charge >= 0.3 is 0 Å². The Labute approximate surface area is 288 Å². The summed E-state index contributed by atoms with van der Waals surface area (Å²) in [5, 5.41) is 0. The van der Waals surface area contributed by atoms with E-state index in [4.69, 9.17) is 0 Å². The van der Waals surface area contributed by atoms with Crippen LogP contribution in [0.1, 0.15) is 60.1 Å². The van der Waals surface area contributed by atoms with E-state index in [1.165, 1.54) is 55.9 Å². The second-order valence-corrected chi connectivity index (χ2v) is 13.2. The summed E-state index contributed by atoms with van der Waals surface area (Å²) in [7, 11) is 0. The van der Waals surface area contributed by atoms with Gasteiger partial charge < -0.3 is 9.80 Å². The first-order valence-electron chi connectivity index (χ1n) is 17.5. The molecule has 0 bridgehead atoms. The molecular formula is C46H48N2. The van der Waals surface area contributed by atoms with Gasteiger partial charge in [-0.2, -0.15) is 0 Å². The second-order valence-electron chi connectivity index (χ2n) is 13.2. The van der Waals surface area contributed by atoms with Crippen LogP contribution in [0.5, 0.6) is 0 Å². The first-order chi connectivity index (χ1) is 23.3. The van der Waals surface area contributed by atoms with Crippen LogP contribution >= 0.6 is 0 Å². The lowest BCUT2D eigenvalue weighted by Crippen LogP contribution is -2.11. The van der Waals surface area contributed by atoms with Crippen molar-refractivity contribution in [3.63, 3.8) is 0 Å². The van der Waals surface area contributed by atoms with Gasteiger partial charge in [-0.3, -0.25) is 0 Å². The van der Waals surface area contributed by atoms with Gasteiger partial charge in [-0.25, -0.2) is 0 Å². The molecule has 0 aliphatic carbocycles. The molecule has 0 heterocycles. The monoisotopic (exact) mass is 628 g/mol. The van der Waals surface area contributed by atoms with Crippen molar-refractivity contribution in [3.8, 4) is 11.1 Å². The van der Waals surface area contributed by atoms with Crippen LogP contribution in [0.25, 0.3) is 11.1 Å². The van der Waals surface area contributed by atoms with E-state index in [9.17, 15) is 0 Å². The number of benzene rings is 6. The molecule has 6 aromatic carbocycles. The van der Waals surface area contributed by atoms with E-state index in [0.717, 1.165) is 48.4 Å². The van der Waals surface area contributed by atoms with Crippen molar-refractivity contribution in [1.29, 1.82) is 0 Å². The van der Waals surface area contributed by atoms with Crippen molar-refractivity contribution in [2.24, 2.45) is 0 Å². The van der Waals surface area contributed by atoms with E-state index in [1.807, 2.05) is 0 Å². The quantitative estimate of drug-likeness (QED) is 0.141. The molecule has 0 saturated heterocycles. The number of rotatable bonds is 11. The summed E-state index contributed by atoms with van der Waals surface area (Å²) in [6, 6.07) is 49.6. The van der Waals surface area contributed by atoms with E-state index >= 15 is 0 Å². The van der Waals surface area contributed by atoms with Crippen LogP contribution in [0, 0.1) is 27.7 Å². The topological polar surface area (TPSA) is 6.48 Å². The third-order valence-corrected chi connectivity index (χ3v) is 9.28. The highest BCUT2D eigenvalue weighted by Gasteiger charge is 2.17. The van der Waals surface area contributed by atoms with Crippen LogP contribution in [-0.2, 0) is 12.8 Å². The molecule has 0 aromatic heterocycles. The third-order valence-electron chi connectivity index (χ3n) is 9.28. The molecule has 0 saturated carbocycles. The number of hydrogen-bond donors (Lipinski definition) is 0. The van der Waals surface area contributed by atoms with Gasteiger partial charge in [0.25, 0.3) is 0 Å². The summed E-state index contributed by atoms with van der Waals surface area (Å²) >= 11 is 0. The van der Waals surface area contributed by atoms with Gasteiger partial charge in [-0.15, -0.1) is 0 Å². The SMILES string of the molecule is CCCc1ccc(N(c2ccc(C)cc2)c2ccc(-c3ccc(N(c4ccc(C)cc4)c4ccc(CCC)cc4)cc3C)c(C)c2)cc1. The summed E-state index contributed by atoms with van der Waals surface area (Å²) in [5.41, 5.74) is 17.3. The molecule has 2 heteroatoms. The molecule has 0 fully saturated rings. The molecule has 242 valence electrons. The molecular weight excluding hydrogens is 581 g/mol. The number of aryl methyl sites for hydroxylation is 6. The van der Waals surface area contributed by atoms with Gasteiger partial charge in [0.15, 0.2) is 0 Å². The smallest absolute Gasteiger partial charge is 0.0464 e. The molecule has 0 aliphatic rings. The van der Waals surface area contributed by atoms with E-state index in [0.29, 0.717) is 0 Å². The van der Waals surface area contributed by atoms with Crippen LogP contribution in [-0.4, -0.2) is 0 Å². The number of anilines is 6. The lowest BCUT2D eigenvalue weighted by atomic mass is 9.95. The van der Waals surface area contributed by atoms with E-state index in [-0.39, 0.29) is 0 Å². The fraction of sp³-hybridized carbons (Fsp3) is 0.217. The fourth-order valence-electron chi connectivity index (χ4n) is 6.66. The Hall–Kier alpha value is -5.08. The number of hydrogen-bond acceptors (Lipinski definition) is 2. The standard InChI is InChI=1S/C46H48N2/c1-7-9-37-15-23-41(24-16-37)47(39-19-11-33(3)12-20-39)43-27-29-45(35(5)31-43)46-30-28-44(32-36(46)6)48(40-21-13-34(4)14-22-40)42-25-17-38(10-8-2)18-26-42/h11-32H,7-10H2,1-6H3. The summed E-state index contributed by atoms with van der Waals surface area (Å²) in [4.78, 5) is 4.74. The van der Waals surface area contributed by atoms with Crippen molar-refractivity contribution >= 4 is 34.1 Å². The highest BCUT2D eigenvalue weighted by Crippen LogP contribution is 2.40. The highest BCUT2D eigenvalue weighted by molar-refractivity contribution is 5.83. The van der Waals surface area contributed by atoms with Crippen molar-refractivity contribution in [2.75, 3.05) is 9.80 Å². The molecule has 0 radical (unpaired) electrons. The molecule has 0 unspecified atom stereocenters. The molecule has 0 amide bonds. The Morgan fingerprint density at radius 3 is 0.938 bits per heavy atom. The summed E-state index contributed by atoms with van der Waals surface area (Å²) in [5.74, 6) is 0. The molecule has 6 aromatic rings. The molecule has 48 heavy (non-hydrogen) atoms.